The molecule has 3 nitrogen and oxygen atoms in total. The summed E-state index contributed by atoms with van der Waals surface area (Å²) in [6.07, 6.45) is -4.76. The lowest BCUT2D eigenvalue weighted by atomic mass is 9.78. The van der Waals surface area contributed by atoms with Crippen molar-refractivity contribution in [2.24, 2.45) is 0 Å². The minimum Gasteiger partial charge on any atom is -0.486 e. The lowest BCUT2D eigenvalue weighted by Crippen LogP contribution is -2.34. The van der Waals surface area contributed by atoms with Crippen LogP contribution in [0.2, 0.25) is 0 Å². The average Bonchev–Trinajstić information content (AvgIpc) is 2.45. The minimum atomic E-state index is -4.76. The summed E-state index contributed by atoms with van der Waals surface area (Å²) < 4.78 is 57.3. The number of hydrogen-bond acceptors (Lipinski definition) is 3. The first-order chi connectivity index (χ1) is 10.3. The summed E-state index contributed by atoms with van der Waals surface area (Å²) in [4.78, 5) is 0. The molecule has 0 spiro atoms. The van der Waals surface area contributed by atoms with E-state index in [-0.39, 0.29) is 6.61 Å². The molecule has 8 heteroatoms. The van der Waals surface area contributed by atoms with Crippen molar-refractivity contribution in [3.63, 3.8) is 0 Å². The highest BCUT2D eigenvalue weighted by Crippen LogP contribution is 2.32. The topological polar surface area (TPSA) is 49.7 Å². The molecular formula is C14H11BF4O3. The van der Waals surface area contributed by atoms with Crippen molar-refractivity contribution in [3.05, 3.63) is 59.4 Å². The number of alkyl halides is 3. The van der Waals surface area contributed by atoms with Gasteiger partial charge in [0.05, 0.1) is 5.56 Å². The molecule has 0 fully saturated rings. The number of benzene rings is 2. The molecular weight excluding hydrogens is 303 g/mol. The Balaban J connectivity index is 2.35. The highest BCUT2D eigenvalue weighted by Gasteiger charge is 2.34. The highest BCUT2D eigenvalue weighted by atomic mass is 19.4. The van der Waals surface area contributed by atoms with Crippen LogP contribution < -0.4 is 10.2 Å². The van der Waals surface area contributed by atoms with Gasteiger partial charge in [0.1, 0.15) is 6.61 Å². The van der Waals surface area contributed by atoms with Gasteiger partial charge in [-0.15, -0.1) is 0 Å². The Hall–Kier alpha value is -2.06. The van der Waals surface area contributed by atoms with E-state index in [1.54, 1.807) is 30.3 Å². The lowest BCUT2D eigenvalue weighted by Gasteiger charge is -2.14. The van der Waals surface area contributed by atoms with Gasteiger partial charge in [0.2, 0.25) is 0 Å². The summed E-state index contributed by atoms with van der Waals surface area (Å²) in [7, 11) is -2.37. The van der Waals surface area contributed by atoms with Crippen molar-refractivity contribution in [1.29, 1.82) is 0 Å². The SMILES string of the molecule is OB(O)c1cc(C(F)(F)F)cc(OCc2ccccc2)c1F. The molecule has 0 aromatic heterocycles. The molecule has 2 aromatic rings. The summed E-state index contributed by atoms with van der Waals surface area (Å²) in [6.45, 7) is -0.153. The molecule has 2 aromatic carbocycles. The van der Waals surface area contributed by atoms with Crippen LogP contribution in [0, 0.1) is 5.82 Å². The molecule has 0 bridgehead atoms. The molecule has 0 heterocycles. The molecule has 0 saturated heterocycles. The number of rotatable bonds is 4. The molecule has 0 aliphatic carbocycles. The molecule has 116 valence electrons. The molecule has 0 amide bonds. The van der Waals surface area contributed by atoms with E-state index in [1.807, 2.05) is 0 Å². The number of ether oxygens (including phenoxy) is 1. The van der Waals surface area contributed by atoms with E-state index in [0.29, 0.717) is 17.7 Å². The Morgan fingerprint density at radius 2 is 1.68 bits per heavy atom. The standard InChI is InChI=1S/C14H11BF4O3/c16-13-11(15(20)21)6-10(14(17,18)19)7-12(13)22-8-9-4-2-1-3-5-9/h1-7,20-21H,8H2. The fourth-order valence-corrected chi connectivity index (χ4v) is 1.81. The fraction of sp³-hybridized carbons (Fsp3) is 0.143. The van der Waals surface area contributed by atoms with Gasteiger partial charge in [-0.2, -0.15) is 13.2 Å². The smallest absolute Gasteiger partial charge is 0.486 e. The van der Waals surface area contributed by atoms with E-state index < -0.39 is 35.9 Å². The van der Waals surface area contributed by atoms with Crippen molar-refractivity contribution < 1.29 is 32.3 Å². The average molecular weight is 314 g/mol. The number of hydrogen-bond donors (Lipinski definition) is 2. The maximum atomic E-state index is 14.0. The zero-order chi connectivity index (χ0) is 16.3. The molecule has 2 rings (SSSR count). The quantitative estimate of drug-likeness (QED) is 0.671. The van der Waals surface area contributed by atoms with Crippen molar-refractivity contribution >= 4 is 12.6 Å². The molecule has 2 N–H and O–H groups in total. The van der Waals surface area contributed by atoms with Crippen LogP contribution in [-0.2, 0) is 12.8 Å². The third kappa shape index (κ3) is 3.77. The second-order valence-electron chi connectivity index (χ2n) is 4.52. The largest absolute Gasteiger partial charge is 0.491 e. The van der Waals surface area contributed by atoms with Crippen LogP contribution in [0.4, 0.5) is 17.6 Å². The second-order valence-corrected chi connectivity index (χ2v) is 4.52. The van der Waals surface area contributed by atoms with Gasteiger partial charge in [-0.1, -0.05) is 30.3 Å². The normalized spacial score (nSPS) is 11.4. The van der Waals surface area contributed by atoms with Gasteiger partial charge in [0, 0.05) is 5.46 Å². The van der Waals surface area contributed by atoms with Crippen LogP contribution in [0.1, 0.15) is 11.1 Å². The van der Waals surface area contributed by atoms with Gasteiger partial charge >= 0.3 is 13.3 Å². The first-order valence-electron chi connectivity index (χ1n) is 6.22. The van der Waals surface area contributed by atoms with Crippen LogP contribution in [0.3, 0.4) is 0 Å². The van der Waals surface area contributed by atoms with Crippen LogP contribution >= 0.6 is 0 Å². The molecule has 0 unspecified atom stereocenters. The zero-order valence-corrected chi connectivity index (χ0v) is 11.1. The van der Waals surface area contributed by atoms with Crippen LogP contribution in [0.15, 0.2) is 42.5 Å². The summed E-state index contributed by atoms with van der Waals surface area (Å²) in [5.74, 6) is -1.93. The maximum Gasteiger partial charge on any atom is 0.491 e. The van der Waals surface area contributed by atoms with Gasteiger partial charge in [-0.25, -0.2) is 4.39 Å². The summed E-state index contributed by atoms with van der Waals surface area (Å²) in [5.41, 5.74) is -1.48. The molecule has 0 atom stereocenters. The Bertz CT molecular complexity index is 645. The summed E-state index contributed by atoms with van der Waals surface area (Å²) in [6, 6.07) is 9.29. The Morgan fingerprint density at radius 3 is 2.23 bits per heavy atom. The third-order valence-corrected chi connectivity index (χ3v) is 2.91. The van der Waals surface area contributed by atoms with Crippen LogP contribution in [-0.4, -0.2) is 17.2 Å². The van der Waals surface area contributed by atoms with Crippen LogP contribution in [0.5, 0.6) is 5.75 Å². The van der Waals surface area contributed by atoms with Crippen LogP contribution in [0.25, 0.3) is 0 Å². The Labute approximate surface area is 123 Å². The van der Waals surface area contributed by atoms with Gasteiger partial charge in [-0.3, -0.25) is 0 Å². The molecule has 0 radical (unpaired) electrons. The van der Waals surface area contributed by atoms with Crippen molar-refractivity contribution in [2.75, 3.05) is 0 Å². The van der Waals surface area contributed by atoms with Crippen molar-refractivity contribution in [3.8, 4) is 5.75 Å². The zero-order valence-electron chi connectivity index (χ0n) is 11.1. The van der Waals surface area contributed by atoms with E-state index in [9.17, 15) is 17.6 Å². The van der Waals surface area contributed by atoms with Gasteiger partial charge < -0.3 is 14.8 Å². The third-order valence-electron chi connectivity index (χ3n) is 2.91. The van der Waals surface area contributed by atoms with E-state index in [0.717, 1.165) is 0 Å². The number of halogens is 4. The molecule has 0 saturated carbocycles. The van der Waals surface area contributed by atoms with Gasteiger partial charge in [0.15, 0.2) is 11.6 Å². The van der Waals surface area contributed by atoms with E-state index in [2.05, 4.69) is 0 Å². The van der Waals surface area contributed by atoms with Crippen molar-refractivity contribution in [1.82, 2.24) is 0 Å². The second kappa shape index (κ2) is 6.37. The first-order valence-corrected chi connectivity index (χ1v) is 6.22. The predicted octanol–water partition coefficient (Wildman–Crippen LogP) is 2.10. The van der Waals surface area contributed by atoms with Crippen molar-refractivity contribution in [2.45, 2.75) is 12.8 Å². The maximum absolute atomic E-state index is 14.0. The van der Waals surface area contributed by atoms with E-state index in [4.69, 9.17) is 14.8 Å². The van der Waals surface area contributed by atoms with E-state index >= 15 is 0 Å². The first kappa shape index (κ1) is 16.3. The molecule has 0 aliphatic rings. The Kier molecular flexibility index (Phi) is 4.73. The van der Waals surface area contributed by atoms with Gasteiger partial charge in [-0.05, 0) is 17.7 Å². The molecule has 22 heavy (non-hydrogen) atoms. The Morgan fingerprint density at radius 1 is 1.05 bits per heavy atom. The van der Waals surface area contributed by atoms with Gasteiger partial charge in [0.25, 0.3) is 0 Å². The minimum absolute atomic E-state index is 0.153. The summed E-state index contributed by atoms with van der Waals surface area (Å²) in [5, 5.41) is 18.0. The fourth-order valence-electron chi connectivity index (χ4n) is 1.81. The monoisotopic (exact) mass is 314 g/mol. The lowest BCUT2D eigenvalue weighted by molar-refractivity contribution is -0.137. The predicted molar refractivity (Wildman–Crippen MR) is 72.0 cm³/mol. The highest BCUT2D eigenvalue weighted by molar-refractivity contribution is 6.58. The summed E-state index contributed by atoms with van der Waals surface area (Å²) >= 11 is 0. The molecule has 0 aliphatic heterocycles. The van der Waals surface area contributed by atoms with E-state index in [1.165, 1.54) is 0 Å².